The molecule has 50 heavy (non-hydrogen) atoms. The monoisotopic (exact) mass is 706 g/mol. The summed E-state index contributed by atoms with van der Waals surface area (Å²) >= 11 is 13.7. The first-order valence-corrected chi connectivity index (χ1v) is 17.4. The van der Waals surface area contributed by atoms with Gasteiger partial charge in [0.1, 0.15) is 23.3 Å². The summed E-state index contributed by atoms with van der Waals surface area (Å²) in [6, 6.07) is 20.1. The Morgan fingerprint density at radius 1 is 0.960 bits per heavy atom. The molecule has 1 aliphatic rings. The molecule has 0 saturated heterocycles. The molecule has 8 nitrogen and oxygen atoms in total. The van der Waals surface area contributed by atoms with Crippen LogP contribution in [0, 0.1) is 27.7 Å². The highest BCUT2D eigenvalue weighted by atomic mass is 35.5. The van der Waals surface area contributed by atoms with Crippen LogP contribution in [0.2, 0.25) is 5.02 Å². The van der Waals surface area contributed by atoms with Crippen LogP contribution in [-0.4, -0.2) is 43.6 Å². The number of rotatable bonds is 8. The first-order valence-electron chi connectivity index (χ1n) is 16.6. The highest BCUT2D eigenvalue weighted by molar-refractivity contribution is 6.32. The maximum absolute atomic E-state index is 15.0. The second-order valence-electron chi connectivity index (χ2n) is 12.9. The van der Waals surface area contributed by atoms with Crippen molar-refractivity contribution in [3.05, 3.63) is 117 Å². The zero-order chi connectivity index (χ0) is 35.4. The topological polar surface area (TPSA) is 97.6 Å². The van der Waals surface area contributed by atoms with Crippen LogP contribution >= 0.6 is 23.2 Å². The van der Waals surface area contributed by atoms with Gasteiger partial charge < -0.3 is 14.4 Å². The Morgan fingerprint density at radius 3 is 2.30 bits per heavy atom. The van der Waals surface area contributed by atoms with Crippen LogP contribution in [0.1, 0.15) is 68.3 Å². The number of nitrogens with zero attached hydrogens (tertiary/aromatic N) is 4. The highest BCUT2D eigenvalue weighted by Crippen LogP contribution is 2.45. The van der Waals surface area contributed by atoms with E-state index in [1.54, 1.807) is 29.4 Å². The van der Waals surface area contributed by atoms with E-state index in [-0.39, 0.29) is 11.5 Å². The number of hydrogen-bond donors (Lipinski definition) is 1. The summed E-state index contributed by atoms with van der Waals surface area (Å²) in [7, 11) is 0. The number of carbonyl (C=O) groups excluding carboxylic acids is 1. The summed E-state index contributed by atoms with van der Waals surface area (Å²) < 4.78 is 8.25. The van der Waals surface area contributed by atoms with E-state index in [0.29, 0.717) is 41.6 Å². The van der Waals surface area contributed by atoms with Crippen molar-refractivity contribution in [1.29, 1.82) is 0 Å². The number of carboxylic acids is 1. The summed E-state index contributed by atoms with van der Waals surface area (Å²) in [5, 5.41) is 13.0. The van der Waals surface area contributed by atoms with E-state index in [1.165, 1.54) is 0 Å². The molecule has 0 bridgehead atoms. The molecule has 4 aromatic carbocycles. The van der Waals surface area contributed by atoms with Crippen LogP contribution < -0.4 is 9.64 Å². The summed E-state index contributed by atoms with van der Waals surface area (Å²) in [5.74, 6) is -0.625. The molecule has 6 aromatic rings. The Labute approximate surface area is 300 Å². The van der Waals surface area contributed by atoms with E-state index in [2.05, 4.69) is 20.6 Å². The summed E-state index contributed by atoms with van der Waals surface area (Å²) in [6.07, 6.45) is 2.74. The van der Waals surface area contributed by atoms with Crippen LogP contribution in [0.15, 0.2) is 73.1 Å². The fourth-order valence-corrected chi connectivity index (χ4v) is 7.86. The van der Waals surface area contributed by atoms with E-state index in [4.69, 9.17) is 27.9 Å². The van der Waals surface area contributed by atoms with Gasteiger partial charge in [-0.1, -0.05) is 65.7 Å². The summed E-state index contributed by atoms with van der Waals surface area (Å²) in [5.41, 5.74) is 7.43. The van der Waals surface area contributed by atoms with Crippen molar-refractivity contribution in [3.8, 4) is 16.9 Å². The van der Waals surface area contributed by atoms with Gasteiger partial charge in [0.15, 0.2) is 0 Å². The molecule has 0 fully saturated rings. The van der Waals surface area contributed by atoms with Crippen molar-refractivity contribution in [1.82, 2.24) is 14.5 Å². The maximum atomic E-state index is 15.0. The van der Waals surface area contributed by atoms with Gasteiger partial charge in [-0.15, -0.1) is 0 Å². The number of benzene rings is 4. The molecule has 1 N–H and O–H groups in total. The lowest BCUT2D eigenvalue weighted by atomic mass is 9.98. The van der Waals surface area contributed by atoms with Gasteiger partial charge >= 0.3 is 5.97 Å². The number of amides is 1. The molecule has 7 rings (SSSR count). The van der Waals surface area contributed by atoms with Crippen LogP contribution in [0.4, 0.5) is 5.69 Å². The minimum absolute atomic E-state index is 0.107. The Kier molecular flexibility index (Phi) is 8.78. The number of carbonyl (C=O) groups is 2. The molecule has 1 aliphatic heterocycles. The number of fused-ring (bicyclic) bond motifs is 4. The Morgan fingerprint density at radius 2 is 1.62 bits per heavy atom. The number of aryl methyl sites for hydroxylation is 5. The quantitative estimate of drug-likeness (QED) is 0.0962. The molecule has 1 unspecified atom stereocenters. The van der Waals surface area contributed by atoms with E-state index < -0.39 is 17.5 Å². The smallest absolute Gasteiger partial charge is 0.336 e. The van der Waals surface area contributed by atoms with E-state index in [1.807, 2.05) is 77.1 Å². The van der Waals surface area contributed by atoms with Gasteiger partial charge in [-0.2, -0.15) is 0 Å². The Hall–Kier alpha value is -4.92. The van der Waals surface area contributed by atoms with Gasteiger partial charge in [0.25, 0.3) is 5.91 Å². The van der Waals surface area contributed by atoms with E-state index >= 15 is 4.79 Å². The second-order valence-corrected chi connectivity index (χ2v) is 13.7. The van der Waals surface area contributed by atoms with Crippen LogP contribution in [0.25, 0.3) is 32.8 Å². The van der Waals surface area contributed by atoms with Gasteiger partial charge in [-0.3, -0.25) is 9.69 Å². The number of alkyl halides is 1. The number of aromatic carboxylic acids is 1. The zero-order valence-corrected chi connectivity index (χ0v) is 29.9. The number of anilines is 1. The minimum Gasteiger partial charge on any atom is -0.494 e. The second kappa shape index (κ2) is 13.1. The van der Waals surface area contributed by atoms with Gasteiger partial charge in [0.05, 0.1) is 29.4 Å². The van der Waals surface area contributed by atoms with E-state index in [9.17, 15) is 9.90 Å². The predicted octanol–water partition coefficient (Wildman–Crippen LogP) is 9.63. The summed E-state index contributed by atoms with van der Waals surface area (Å²) in [6.45, 7) is 10.3. The van der Waals surface area contributed by atoms with Gasteiger partial charge in [0, 0.05) is 38.3 Å². The van der Waals surface area contributed by atoms with Crippen molar-refractivity contribution >= 4 is 62.4 Å². The number of para-hydroxylation sites is 1. The lowest BCUT2D eigenvalue weighted by Gasteiger charge is -2.39. The number of carboxylic acid groups (broad SMARTS) is 1. The molecule has 0 spiro atoms. The number of halogens is 2. The van der Waals surface area contributed by atoms with Crippen molar-refractivity contribution in [2.75, 3.05) is 11.5 Å². The molecule has 0 radical (unpaired) electrons. The Bertz CT molecular complexity index is 2300. The van der Waals surface area contributed by atoms with Crippen molar-refractivity contribution < 1.29 is 19.4 Å². The van der Waals surface area contributed by atoms with Crippen LogP contribution in [-0.2, 0) is 6.42 Å². The van der Waals surface area contributed by atoms with Gasteiger partial charge in [-0.25, -0.2) is 14.8 Å². The maximum Gasteiger partial charge on any atom is 0.336 e. The Balaban J connectivity index is 1.40. The molecule has 254 valence electrons. The molecule has 2 aromatic heterocycles. The number of ether oxygens (including phenoxy) is 1. The summed E-state index contributed by atoms with van der Waals surface area (Å²) in [4.78, 5) is 38.0. The fourth-order valence-electron chi connectivity index (χ4n) is 7.44. The van der Waals surface area contributed by atoms with Crippen molar-refractivity contribution in [2.45, 2.75) is 59.0 Å². The first kappa shape index (κ1) is 33.6. The lowest BCUT2D eigenvalue weighted by molar-refractivity contribution is 0.0698. The van der Waals surface area contributed by atoms with E-state index in [0.717, 1.165) is 60.9 Å². The lowest BCUT2D eigenvalue weighted by Crippen LogP contribution is -2.48. The van der Waals surface area contributed by atoms with Gasteiger partial charge in [-0.05, 0) is 93.8 Å². The SMILES string of the molecule is Cc1cc(OCCCc2c3n(c4c(-c5c(C)ncnc5C)cccc24)[C@H](C)C(Cl)N(c2cccc4cccc(C(=O)O)c24)C3=O)cc(C)c1Cl. The van der Waals surface area contributed by atoms with Gasteiger partial charge in [0.2, 0.25) is 0 Å². The van der Waals surface area contributed by atoms with Crippen LogP contribution in [0.3, 0.4) is 0 Å². The molecule has 1 amide bonds. The predicted molar refractivity (Wildman–Crippen MR) is 199 cm³/mol. The minimum atomic E-state index is -1.08. The average Bonchev–Trinajstić information content (AvgIpc) is 3.43. The fraction of sp³-hybridized carbons (Fsp3) is 0.250. The highest BCUT2D eigenvalue weighted by Gasteiger charge is 2.42. The zero-order valence-electron chi connectivity index (χ0n) is 28.4. The molecule has 0 saturated carbocycles. The standard InChI is InChI=1S/C40H36Cl2N4O4/c1-21-18-27(19-22(2)35(21)41)50-17-9-15-29-28-12-8-13-30(33-23(3)43-20-44-24(33)4)36(28)45-25(5)38(42)46(39(47)37(29)45)32-16-7-11-26-10-6-14-31(34(26)32)40(48)49/h6-8,10-14,16,18-20,25,38H,9,15,17H2,1-5H3,(H,48,49)/t25-,38?/m1/s1. The molecule has 3 heterocycles. The largest absolute Gasteiger partial charge is 0.494 e. The number of aromatic nitrogens is 3. The molecule has 10 heteroatoms. The molecule has 0 aliphatic carbocycles. The number of hydrogen-bond acceptors (Lipinski definition) is 5. The van der Waals surface area contributed by atoms with Crippen molar-refractivity contribution in [2.24, 2.45) is 0 Å². The molecular weight excluding hydrogens is 671 g/mol. The first-order chi connectivity index (χ1) is 24.0. The third kappa shape index (κ3) is 5.47. The average molecular weight is 708 g/mol. The normalized spacial score (nSPS) is 15.9. The third-order valence-corrected chi connectivity index (χ3v) is 10.9. The molecule has 2 atom stereocenters. The molecular formula is C40H36Cl2N4O4. The van der Waals surface area contributed by atoms with Crippen molar-refractivity contribution in [3.63, 3.8) is 0 Å². The van der Waals surface area contributed by atoms with Crippen LogP contribution in [0.5, 0.6) is 5.75 Å². The third-order valence-electron chi connectivity index (χ3n) is 9.72.